The van der Waals surface area contributed by atoms with E-state index in [1.165, 1.54) is 11.1 Å². The molecule has 1 aromatic carbocycles. The number of nitrogens with two attached hydrogens (primary N) is 1. The first kappa shape index (κ1) is 12.2. The smallest absolute Gasteiger partial charge is 0.0662 e. The molecule has 84 valence electrons. The molecule has 0 fully saturated rings. The number of rotatable bonds is 5. The largest absolute Gasteiger partial charge is 0.378 e. The monoisotopic (exact) mass is 207 g/mol. The third-order valence-corrected chi connectivity index (χ3v) is 2.61. The lowest BCUT2D eigenvalue weighted by molar-refractivity contribution is 0.0232. The molecule has 0 spiro atoms. The first-order valence-corrected chi connectivity index (χ1v) is 5.40. The Balaban J connectivity index is 2.73. The molecule has 0 aromatic heterocycles. The summed E-state index contributed by atoms with van der Waals surface area (Å²) in [5.41, 5.74) is 8.06. The summed E-state index contributed by atoms with van der Waals surface area (Å²) in [4.78, 5) is 0. The van der Waals surface area contributed by atoms with Crippen LogP contribution in [0, 0.1) is 0 Å². The zero-order valence-electron chi connectivity index (χ0n) is 9.92. The van der Waals surface area contributed by atoms with Crippen LogP contribution in [0.25, 0.3) is 0 Å². The minimum absolute atomic E-state index is 0.0959. The molecular formula is C13H21NO. The van der Waals surface area contributed by atoms with Gasteiger partial charge in [-0.1, -0.05) is 24.3 Å². The third-order valence-electron chi connectivity index (χ3n) is 2.61. The quantitative estimate of drug-likeness (QED) is 0.803. The van der Waals surface area contributed by atoms with Crippen molar-refractivity contribution < 1.29 is 4.74 Å². The average Bonchev–Trinajstić information content (AvgIpc) is 2.18. The van der Waals surface area contributed by atoms with Crippen LogP contribution < -0.4 is 5.73 Å². The number of hydrogen-bond acceptors (Lipinski definition) is 2. The van der Waals surface area contributed by atoms with Crippen LogP contribution in [-0.4, -0.2) is 19.3 Å². The molecule has 0 aliphatic carbocycles. The summed E-state index contributed by atoms with van der Waals surface area (Å²) in [5.74, 6) is 0. The van der Waals surface area contributed by atoms with Crippen molar-refractivity contribution in [2.45, 2.75) is 32.3 Å². The minimum Gasteiger partial charge on any atom is -0.378 e. The van der Waals surface area contributed by atoms with Gasteiger partial charge in [-0.3, -0.25) is 0 Å². The maximum Gasteiger partial charge on any atom is 0.0662 e. The molecule has 0 unspecified atom stereocenters. The predicted octanol–water partition coefficient (Wildman–Crippen LogP) is 2.16. The normalized spacial score (nSPS) is 11.7. The third kappa shape index (κ3) is 4.02. The molecular weight excluding hydrogens is 186 g/mol. The molecule has 0 radical (unpaired) electrons. The summed E-state index contributed by atoms with van der Waals surface area (Å²) in [5, 5.41) is 0. The van der Waals surface area contributed by atoms with Crippen LogP contribution in [0.5, 0.6) is 0 Å². The Hall–Kier alpha value is -0.860. The highest BCUT2D eigenvalue weighted by atomic mass is 16.5. The fourth-order valence-corrected chi connectivity index (χ4v) is 1.63. The standard InChI is InChI=1S/C13H21NO/c1-13(2,15-3)10-12-6-4-5-11(9-12)7-8-14/h4-6,9H,7-8,10,14H2,1-3H3. The number of ether oxygens (including phenoxy) is 1. The summed E-state index contributed by atoms with van der Waals surface area (Å²) in [6, 6.07) is 8.57. The maximum absolute atomic E-state index is 5.54. The summed E-state index contributed by atoms with van der Waals surface area (Å²) in [7, 11) is 1.75. The highest BCUT2D eigenvalue weighted by Crippen LogP contribution is 2.17. The van der Waals surface area contributed by atoms with Crippen LogP contribution in [-0.2, 0) is 17.6 Å². The second-order valence-electron chi connectivity index (χ2n) is 4.50. The molecule has 0 bridgehead atoms. The summed E-state index contributed by atoms with van der Waals surface area (Å²) >= 11 is 0. The van der Waals surface area contributed by atoms with Gasteiger partial charge in [0, 0.05) is 13.5 Å². The van der Waals surface area contributed by atoms with E-state index in [2.05, 4.69) is 38.1 Å². The number of methoxy groups -OCH3 is 1. The SMILES string of the molecule is COC(C)(C)Cc1cccc(CCN)c1. The van der Waals surface area contributed by atoms with E-state index in [-0.39, 0.29) is 5.60 Å². The summed E-state index contributed by atoms with van der Waals surface area (Å²) in [6.45, 7) is 4.91. The molecule has 0 aliphatic heterocycles. The van der Waals surface area contributed by atoms with Gasteiger partial charge in [0.05, 0.1) is 5.60 Å². The Bertz CT molecular complexity index is 307. The van der Waals surface area contributed by atoms with Gasteiger partial charge >= 0.3 is 0 Å². The van der Waals surface area contributed by atoms with Crippen LogP contribution in [0.1, 0.15) is 25.0 Å². The Labute approximate surface area is 92.4 Å². The van der Waals surface area contributed by atoms with Crippen molar-refractivity contribution in [3.63, 3.8) is 0 Å². The second kappa shape index (κ2) is 5.29. The average molecular weight is 207 g/mol. The van der Waals surface area contributed by atoms with Crippen molar-refractivity contribution >= 4 is 0 Å². The molecule has 0 atom stereocenters. The molecule has 0 heterocycles. The van der Waals surface area contributed by atoms with E-state index in [0.29, 0.717) is 6.54 Å². The Morgan fingerprint density at radius 3 is 2.53 bits per heavy atom. The fraction of sp³-hybridized carbons (Fsp3) is 0.538. The maximum atomic E-state index is 5.54. The van der Waals surface area contributed by atoms with Crippen LogP contribution in [0.2, 0.25) is 0 Å². The van der Waals surface area contributed by atoms with E-state index < -0.39 is 0 Å². The van der Waals surface area contributed by atoms with Gasteiger partial charge in [0.25, 0.3) is 0 Å². The predicted molar refractivity (Wildman–Crippen MR) is 64.0 cm³/mol. The van der Waals surface area contributed by atoms with Crippen LogP contribution in [0.3, 0.4) is 0 Å². The van der Waals surface area contributed by atoms with Gasteiger partial charge in [-0.05, 0) is 37.9 Å². The Morgan fingerprint density at radius 1 is 1.27 bits per heavy atom. The van der Waals surface area contributed by atoms with E-state index in [1.54, 1.807) is 7.11 Å². The summed E-state index contributed by atoms with van der Waals surface area (Å²) in [6.07, 6.45) is 1.88. The van der Waals surface area contributed by atoms with Crippen molar-refractivity contribution in [3.8, 4) is 0 Å². The van der Waals surface area contributed by atoms with Crippen LogP contribution in [0.15, 0.2) is 24.3 Å². The molecule has 2 heteroatoms. The summed E-state index contributed by atoms with van der Waals surface area (Å²) < 4.78 is 5.42. The minimum atomic E-state index is -0.0959. The molecule has 0 saturated carbocycles. The van der Waals surface area contributed by atoms with Gasteiger partial charge in [-0.15, -0.1) is 0 Å². The van der Waals surface area contributed by atoms with Gasteiger partial charge < -0.3 is 10.5 Å². The molecule has 0 aliphatic rings. The molecule has 0 saturated heterocycles. The van der Waals surface area contributed by atoms with Crippen molar-refractivity contribution in [2.24, 2.45) is 5.73 Å². The van der Waals surface area contributed by atoms with Gasteiger partial charge in [0.2, 0.25) is 0 Å². The Morgan fingerprint density at radius 2 is 1.93 bits per heavy atom. The molecule has 2 nitrogen and oxygen atoms in total. The van der Waals surface area contributed by atoms with Gasteiger partial charge in [-0.25, -0.2) is 0 Å². The molecule has 0 amide bonds. The highest BCUT2D eigenvalue weighted by Gasteiger charge is 2.16. The van der Waals surface area contributed by atoms with Crippen LogP contribution >= 0.6 is 0 Å². The molecule has 1 rings (SSSR count). The van der Waals surface area contributed by atoms with E-state index in [9.17, 15) is 0 Å². The zero-order chi connectivity index (χ0) is 11.3. The lowest BCUT2D eigenvalue weighted by Gasteiger charge is -2.23. The molecule has 15 heavy (non-hydrogen) atoms. The van der Waals surface area contributed by atoms with E-state index in [0.717, 1.165) is 12.8 Å². The lowest BCUT2D eigenvalue weighted by atomic mass is 9.96. The van der Waals surface area contributed by atoms with Crippen molar-refractivity contribution in [1.29, 1.82) is 0 Å². The second-order valence-corrected chi connectivity index (χ2v) is 4.50. The molecule has 2 N–H and O–H groups in total. The van der Waals surface area contributed by atoms with Gasteiger partial charge in [-0.2, -0.15) is 0 Å². The lowest BCUT2D eigenvalue weighted by Crippen LogP contribution is -2.25. The van der Waals surface area contributed by atoms with Crippen molar-refractivity contribution in [1.82, 2.24) is 0 Å². The van der Waals surface area contributed by atoms with Gasteiger partial charge in [0.15, 0.2) is 0 Å². The van der Waals surface area contributed by atoms with Crippen LogP contribution in [0.4, 0.5) is 0 Å². The number of hydrogen-bond donors (Lipinski definition) is 1. The van der Waals surface area contributed by atoms with Gasteiger partial charge in [0.1, 0.15) is 0 Å². The fourth-order valence-electron chi connectivity index (χ4n) is 1.63. The highest BCUT2D eigenvalue weighted by molar-refractivity contribution is 5.24. The van der Waals surface area contributed by atoms with E-state index >= 15 is 0 Å². The van der Waals surface area contributed by atoms with E-state index in [4.69, 9.17) is 10.5 Å². The number of benzene rings is 1. The van der Waals surface area contributed by atoms with E-state index in [1.807, 2.05) is 0 Å². The van der Waals surface area contributed by atoms with Crippen molar-refractivity contribution in [3.05, 3.63) is 35.4 Å². The topological polar surface area (TPSA) is 35.2 Å². The molecule has 1 aromatic rings. The first-order chi connectivity index (χ1) is 7.07. The first-order valence-electron chi connectivity index (χ1n) is 5.40. The van der Waals surface area contributed by atoms with Crippen molar-refractivity contribution in [2.75, 3.05) is 13.7 Å². The Kier molecular flexibility index (Phi) is 4.30. The zero-order valence-corrected chi connectivity index (χ0v) is 9.92.